The van der Waals surface area contributed by atoms with Gasteiger partial charge in [-0.2, -0.15) is 0 Å². The number of aromatic nitrogens is 3. The standard InChI is InChI=1S/C20H25N3O/c1-5-6-9-14-12-15(20(2,3)4)19(24)18(13-14)23-21-16-10-7-8-11-17(16)22-23/h7-8,10-13,24H,5-6,9H2,1-4H3. The van der Waals surface area contributed by atoms with Crippen LogP contribution in [0.15, 0.2) is 36.4 Å². The van der Waals surface area contributed by atoms with E-state index in [-0.39, 0.29) is 11.2 Å². The number of fused-ring (bicyclic) bond motifs is 1. The molecule has 0 amide bonds. The second-order valence-electron chi connectivity index (χ2n) is 7.34. The van der Waals surface area contributed by atoms with Crippen molar-refractivity contribution in [2.75, 3.05) is 0 Å². The molecule has 0 fully saturated rings. The summed E-state index contributed by atoms with van der Waals surface area (Å²) >= 11 is 0. The van der Waals surface area contributed by atoms with E-state index in [1.54, 1.807) is 4.80 Å². The van der Waals surface area contributed by atoms with E-state index >= 15 is 0 Å². The molecular weight excluding hydrogens is 298 g/mol. The summed E-state index contributed by atoms with van der Waals surface area (Å²) in [6.45, 7) is 8.53. The summed E-state index contributed by atoms with van der Waals surface area (Å²) < 4.78 is 0. The fourth-order valence-corrected chi connectivity index (χ4v) is 2.89. The summed E-state index contributed by atoms with van der Waals surface area (Å²) in [7, 11) is 0. The summed E-state index contributed by atoms with van der Waals surface area (Å²) in [4.78, 5) is 1.56. The molecule has 0 aliphatic rings. The molecule has 0 aliphatic carbocycles. The van der Waals surface area contributed by atoms with Gasteiger partial charge in [0, 0.05) is 5.56 Å². The van der Waals surface area contributed by atoms with Crippen molar-refractivity contribution in [3.63, 3.8) is 0 Å². The zero-order chi connectivity index (χ0) is 17.3. The number of benzene rings is 2. The number of hydrogen-bond acceptors (Lipinski definition) is 3. The lowest BCUT2D eigenvalue weighted by Crippen LogP contribution is -2.14. The molecule has 1 N–H and O–H groups in total. The monoisotopic (exact) mass is 323 g/mol. The van der Waals surface area contributed by atoms with Gasteiger partial charge in [0.1, 0.15) is 22.5 Å². The number of unbranched alkanes of at least 4 members (excludes halogenated alkanes) is 1. The molecule has 2 aromatic carbocycles. The average Bonchev–Trinajstić information content (AvgIpc) is 2.96. The van der Waals surface area contributed by atoms with Crippen LogP contribution in [0.25, 0.3) is 16.7 Å². The highest BCUT2D eigenvalue weighted by Gasteiger charge is 2.23. The van der Waals surface area contributed by atoms with Gasteiger partial charge >= 0.3 is 0 Å². The van der Waals surface area contributed by atoms with Crippen molar-refractivity contribution in [3.8, 4) is 11.4 Å². The molecule has 4 heteroatoms. The Hall–Kier alpha value is -2.36. The maximum absolute atomic E-state index is 10.9. The number of aromatic hydroxyl groups is 1. The van der Waals surface area contributed by atoms with Crippen LogP contribution in [0.4, 0.5) is 0 Å². The van der Waals surface area contributed by atoms with Crippen LogP contribution < -0.4 is 0 Å². The SMILES string of the molecule is CCCCc1cc(-n2nc3ccccc3n2)c(O)c(C(C)(C)C)c1. The van der Waals surface area contributed by atoms with Crippen LogP contribution in [0, 0.1) is 0 Å². The summed E-state index contributed by atoms with van der Waals surface area (Å²) in [5, 5.41) is 19.9. The first-order valence-corrected chi connectivity index (χ1v) is 8.59. The first kappa shape index (κ1) is 16.5. The van der Waals surface area contributed by atoms with E-state index in [4.69, 9.17) is 0 Å². The van der Waals surface area contributed by atoms with Gasteiger partial charge in [0.2, 0.25) is 0 Å². The van der Waals surface area contributed by atoms with Gasteiger partial charge in [0.05, 0.1) is 0 Å². The van der Waals surface area contributed by atoms with Gasteiger partial charge in [-0.25, -0.2) is 0 Å². The van der Waals surface area contributed by atoms with Crippen molar-refractivity contribution in [2.24, 2.45) is 0 Å². The van der Waals surface area contributed by atoms with Gasteiger partial charge in [-0.15, -0.1) is 15.0 Å². The number of rotatable bonds is 4. The van der Waals surface area contributed by atoms with Gasteiger partial charge in [-0.3, -0.25) is 0 Å². The molecule has 0 spiro atoms. The fraction of sp³-hybridized carbons (Fsp3) is 0.400. The van der Waals surface area contributed by atoms with Crippen LogP contribution in [0.1, 0.15) is 51.7 Å². The van der Waals surface area contributed by atoms with Gasteiger partial charge in [0.25, 0.3) is 0 Å². The van der Waals surface area contributed by atoms with Crippen LogP contribution >= 0.6 is 0 Å². The molecule has 1 heterocycles. The Morgan fingerprint density at radius 2 is 1.67 bits per heavy atom. The van der Waals surface area contributed by atoms with Crippen molar-refractivity contribution in [1.82, 2.24) is 15.0 Å². The molecule has 0 unspecified atom stereocenters. The van der Waals surface area contributed by atoms with E-state index < -0.39 is 0 Å². The molecule has 4 nitrogen and oxygen atoms in total. The van der Waals surface area contributed by atoms with Crippen molar-refractivity contribution < 1.29 is 5.11 Å². The first-order valence-electron chi connectivity index (χ1n) is 8.59. The highest BCUT2D eigenvalue weighted by molar-refractivity contribution is 5.73. The normalized spacial score (nSPS) is 12.0. The maximum Gasteiger partial charge on any atom is 0.146 e. The Balaban J connectivity index is 2.17. The highest BCUT2D eigenvalue weighted by Crippen LogP contribution is 2.36. The van der Waals surface area contributed by atoms with E-state index in [1.807, 2.05) is 30.3 Å². The van der Waals surface area contributed by atoms with Crippen LogP contribution in [0.5, 0.6) is 5.75 Å². The lowest BCUT2D eigenvalue weighted by atomic mass is 9.84. The second-order valence-corrected chi connectivity index (χ2v) is 7.34. The molecule has 0 aliphatic heterocycles. The molecule has 3 rings (SSSR count). The Morgan fingerprint density at radius 3 is 2.21 bits per heavy atom. The molecule has 0 radical (unpaired) electrons. The minimum absolute atomic E-state index is 0.145. The van der Waals surface area contributed by atoms with Crippen molar-refractivity contribution in [3.05, 3.63) is 47.5 Å². The predicted octanol–water partition coefficient (Wildman–Crippen LogP) is 4.77. The van der Waals surface area contributed by atoms with E-state index in [0.717, 1.165) is 35.9 Å². The fourth-order valence-electron chi connectivity index (χ4n) is 2.89. The van der Waals surface area contributed by atoms with Crippen molar-refractivity contribution >= 4 is 11.0 Å². The lowest BCUT2D eigenvalue weighted by molar-refractivity contribution is 0.440. The Bertz CT molecular complexity index is 826. The maximum atomic E-state index is 10.9. The van der Waals surface area contributed by atoms with Crippen LogP contribution in [-0.4, -0.2) is 20.1 Å². The summed E-state index contributed by atoms with van der Waals surface area (Å²) in [5.74, 6) is 0.267. The van der Waals surface area contributed by atoms with Gasteiger partial charge in [0.15, 0.2) is 0 Å². The van der Waals surface area contributed by atoms with Crippen LogP contribution in [0.3, 0.4) is 0 Å². The molecule has 0 atom stereocenters. The minimum atomic E-state index is -0.145. The Kier molecular flexibility index (Phi) is 4.31. The van der Waals surface area contributed by atoms with E-state index in [1.165, 1.54) is 5.56 Å². The summed E-state index contributed by atoms with van der Waals surface area (Å²) in [6.07, 6.45) is 3.26. The number of phenolic OH excluding ortho intramolecular Hbond substituents is 1. The third-order valence-electron chi connectivity index (χ3n) is 4.28. The molecular formula is C20H25N3O. The third-order valence-corrected chi connectivity index (χ3v) is 4.28. The quantitative estimate of drug-likeness (QED) is 0.752. The Morgan fingerprint density at radius 1 is 1.04 bits per heavy atom. The third kappa shape index (κ3) is 3.14. The zero-order valence-corrected chi connectivity index (χ0v) is 14.9. The molecule has 0 saturated heterocycles. The molecule has 0 saturated carbocycles. The molecule has 24 heavy (non-hydrogen) atoms. The summed E-state index contributed by atoms with van der Waals surface area (Å²) in [5.41, 5.74) is 4.32. The Labute approximate surface area is 143 Å². The minimum Gasteiger partial charge on any atom is -0.505 e. The van der Waals surface area contributed by atoms with Gasteiger partial charge in [-0.05, 0) is 42.0 Å². The smallest absolute Gasteiger partial charge is 0.146 e. The topological polar surface area (TPSA) is 50.9 Å². The lowest BCUT2D eigenvalue weighted by Gasteiger charge is -2.23. The van der Waals surface area contributed by atoms with E-state index in [2.05, 4.69) is 44.0 Å². The van der Waals surface area contributed by atoms with Crippen molar-refractivity contribution in [2.45, 2.75) is 52.4 Å². The van der Waals surface area contributed by atoms with Gasteiger partial charge in [-0.1, -0.05) is 52.3 Å². The number of aryl methyl sites for hydroxylation is 1. The highest BCUT2D eigenvalue weighted by atomic mass is 16.3. The summed E-state index contributed by atoms with van der Waals surface area (Å²) in [6, 6.07) is 11.9. The average molecular weight is 323 g/mol. The van der Waals surface area contributed by atoms with E-state index in [9.17, 15) is 5.11 Å². The molecule has 1 aromatic heterocycles. The van der Waals surface area contributed by atoms with Crippen molar-refractivity contribution in [1.29, 1.82) is 0 Å². The number of phenols is 1. The molecule has 0 bridgehead atoms. The van der Waals surface area contributed by atoms with Gasteiger partial charge < -0.3 is 5.11 Å². The molecule has 3 aromatic rings. The predicted molar refractivity (Wildman–Crippen MR) is 97.8 cm³/mol. The zero-order valence-electron chi connectivity index (χ0n) is 14.9. The second kappa shape index (κ2) is 6.27. The molecule has 126 valence electrons. The first-order chi connectivity index (χ1) is 11.4. The number of nitrogens with zero attached hydrogens (tertiary/aromatic N) is 3. The van der Waals surface area contributed by atoms with Crippen LogP contribution in [-0.2, 0) is 11.8 Å². The van der Waals surface area contributed by atoms with E-state index in [0.29, 0.717) is 5.69 Å². The largest absolute Gasteiger partial charge is 0.505 e. The number of hydrogen-bond donors (Lipinski definition) is 1. The van der Waals surface area contributed by atoms with Crippen LogP contribution in [0.2, 0.25) is 0 Å².